The number of hydrogen-bond acceptors (Lipinski definition) is 9. The van der Waals surface area contributed by atoms with Crippen molar-refractivity contribution in [2.45, 2.75) is 52.4 Å². The van der Waals surface area contributed by atoms with Crippen molar-refractivity contribution in [1.82, 2.24) is 0 Å². The first kappa shape index (κ1) is 37.2. The van der Waals surface area contributed by atoms with E-state index in [9.17, 15) is 9.59 Å². The third-order valence-corrected chi connectivity index (χ3v) is 7.84. The third-order valence-electron chi connectivity index (χ3n) is 7.84. The molecule has 0 radical (unpaired) electrons. The van der Waals surface area contributed by atoms with Gasteiger partial charge in [0, 0.05) is 6.21 Å². The highest BCUT2D eigenvalue weighted by atomic mass is 16.6. The first-order valence-electron chi connectivity index (χ1n) is 17.7. The van der Waals surface area contributed by atoms with Gasteiger partial charge in [-0.05, 0) is 122 Å². The summed E-state index contributed by atoms with van der Waals surface area (Å²) < 4.78 is 23.1. The minimum absolute atomic E-state index is 0.0646. The molecule has 0 spiro atoms. The van der Waals surface area contributed by atoms with Crippen molar-refractivity contribution in [1.29, 1.82) is 0 Å². The molecule has 5 aromatic rings. The summed E-state index contributed by atoms with van der Waals surface area (Å²) in [4.78, 5) is 31.1. The molecule has 0 saturated heterocycles. The highest BCUT2D eigenvalue weighted by Crippen LogP contribution is 2.31. The lowest BCUT2D eigenvalue weighted by Gasteiger charge is -2.12. The maximum absolute atomic E-state index is 13.3. The zero-order chi connectivity index (χ0) is 36.4. The van der Waals surface area contributed by atoms with Crippen LogP contribution in [-0.2, 0) is 0 Å². The van der Waals surface area contributed by atoms with E-state index in [4.69, 9.17) is 18.9 Å². The lowest BCUT2D eigenvalue weighted by Crippen LogP contribution is -2.13. The lowest BCUT2D eigenvalue weighted by molar-refractivity contribution is 0.0682. The predicted molar refractivity (Wildman–Crippen MR) is 204 cm³/mol. The molecular formula is C43H43N3O6. The molecule has 5 aromatic carbocycles. The number of esters is 2. The molecule has 0 N–H and O–H groups in total. The zero-order valence-corrected chi connectivity index (χ0v) is 29.6. The summed E-state index contributed by atoms with van der Waals surface area (Å²) >= 11 is 0. The van der Waals surface area contributed by atoms with E-state index in [-0.39, 0.29) is 11.5 Å². The molecule has 9 heteroatoms. The molecule has 266 valence electrons. The molecule has 9 nitrogen and oxygen atoms in total. The normalized spacial score (nSPS) is 11.1. The first-order valence-corrected chi connectivity index (χ1v) is 17.7. The minimum atomic E-state index is -0.617. The minimum Gasteiger partial charge on any atom is -0.494 e. The maximum atomic E-state index is 13.3. The fourth-order valence-electron chi connectivity index (χ4n) is 4.91. The van der Waals surface area contributed by atoms with Gasteiger partial charge in [0.2, 0.25) is 0 Å². The Hall–Kier alpha value is -6.09. The molecule has 0 aliphatic carbocycles. The fraction of sp³-hybridized carbons (Fsp3) is 0.233. The van der Waals surface area contributed by atoms with Crippen molar-refractivity contribution in [3.05, 3.63) is 138 Å². The van der Waals surface area contributed by atoms with Gasteiger partial charge < -0.3 is 18.9 Å². The van der Waals surface area contributed by atoms with Gasteiger partial charge in [0.25, 0.3) is 0 Å². The summed E-state index contributed by atoms with van der Waals surface area (Å²) in [5.74, 6) is 0.271. The summed E-state index contributed by atoms with van der Waals surface area (Å²) in [5, 5.41) is 8.51. The summed E-state index contributed by atoms with van der Waals surface area (Å²) in [6.45, 7) is 5.50. The largest absolute Gasteiger partial charge is 0.494 e. The highest BCUT2D eigenvalue weighted by Gasteiger charge is 2.17. The number of ether oxygens (including phenoxy) is 4. The lowest BCUT2D eigenvalue weighted by atomic mass is 10.2. The van der Waals surface area contributed by atoms with Gasteiger partial charge in [0.15, 0.2) is 11.5 Å². The second kappa shape index (κ2) is 19.9. The maximum Gasteiger partial charge on any atom is 0.343 e. The van der Waals surface area contributed by atoms with E-state index in [1.165, 1.54) is 0 Å². The van der Waals surface area contributed by atoms with Gasteiger partial charge in [-0.1, -0.05) is 57.7 Å². The van der Waals surface area contributed by atoms with Crippen molar-refractivity contribution in [3.63, 3.8) is 0 Å². The standard InChI is InChI=1S/C43H43N3O6/c1-3-5-10-28-49-38-23-15-33(16-24-38)42(47)51-40-27-14-32(31-44-35-19-21-37(22-20-35)46-45-36-12-8-7-9-13-36)30-41(40)52-43(48)34-17-25-39(26-18-34)50-29-11-6-4-2/h7-9,12-27,30-31H,3-6,10-11,28-29H2,1-2H3. The average Bonchev–Trinajstić information content (AvgIpc) is 3.18. The quantitative estimate of drug-likeness (QED) is 0.0296. The fourth-order valence-corrected chi connectivity index (χ4v) is 4.91. The molecule has 5 rings (SSSR count). The topological polar surface area (TPSA) is 108 Å². The number of hydrogen-bond donors (Lipinski definition) is 0. The van der Waals surface area contributed by atoms with Crippen LogP contribution in [0.4, 0.5) is 17.1 Å². The number of nitrogens with zero attached hydrogens (tertiary/aromatic N) is 3. The summed E-state index contributed by atoms with van der Waals surface area (Å²) in [6.07, 6.45) is 7.96. The van der Waals surface area contributed by atoms with E-state index in [0.717, 1.165) is 44.2 Å². The second-order valence-corrected chi connectivity index (χ2v) is 12.0. The smallest absolute Gasteiger partial charge is 0.343 e. The van der Waals surface area contributed by atoms with Gasteiger partial charge in [-0.2, -0.15) is 10.2 Å². The van der Waals surface area contributed by atoms with Gasteiger partial charge in [0.1, 0.15) is 11.5 Å². The molecule has 0 saturated carbocycles. The molecule has 0 unspecified atom stereocenters. The second-order valence-electron chi connectivity index (χ2n) is 12.0. The van der Waals surface area contributed by atoms with Gasteiger partial charge in [-0.3, -0.25) is 4.99 Å². The molecule has 0 heterocycles. The number of aliphatic imine (C=N–C) groups is 1. The van der Waals surface area contributed by atoms with Crippen LogP contribution in [0, 0.1) is 0 Å². The Morgan fingerprint density at radius 3 is 1.58 bits per heavy atom. The van der Waals surface area contributed by atoms with Crippen LogP contribution in [0.15, 0.2) is 137 Å². The number of rotatable bonds is 18. The van der Waals surface area contributed by atoms with E-state index >= 15 is 0 Å². The summed E-state index contributed by atoms with van der Waals surface area (Å²) in [6, 6.07) is 35.2. The van der Waals surface area contributed by atoms with Crippen LogP contribution in [0.2, 0.25) is 0 Å². The number of unbranched alkanes of at least 4 members (excludes halogenated alkanes) is 4. The number of benzene rings is 5. The van der Waals surface area contributed by atoms with E-state index in [2.05, 4.69) is 29.1 Å². The van der Waals surface area contributed by atoms with Crippen LogP contribution in [-0.4, -0.2) is 31.4 Å². The molecular weight excluding hydrogens is 654 g/mol. The highest BCUT2D eigenvalue weighted by molar-refractivity contribution is 5.94. The number of carbonyl (C=O) groups is 2. The van der Waals surface area contributed by atoms with Crippen molar-refractivity contribution in [3.8, 4) is 23.0 Å². The monoisotopic (exact) mass is 697 g/mol. The molecule has 0 amide bonds. The van der Waals surface area contributed by atoms with Crippen molar-refractivity contribution < 1.29 is 28.5 Å². The average molecular weight is 698 g/mol. The molecule has 52 heavy (non-hydrogen) atoms. The third kappa shape index (κ3) is 11.8. The Balaban J connectivity index is 1.30. The summed E-state index contributed by atoms with van der Waals surface area (Å²) in [7, 11) is 0. The van der Waals surface area contributed by atoms with Crippen molar-refractivity contribution in [2.24, 2.45) is 15.2 Å². The van der Waals surface area contributed by atoms with Crippen molar-refractivity contribution in [2.75, 3.05) is 13.2 Å². The molecule has 0 aromatic heterocycles. The van der Waals surface area contributed by atoms with Gasteiger partial charge in [-0.15, -0.1) is 0 Å². The van der Waals surface area contributed by atoms with Gasteiger partial charge >= 0.3 is 11.9 Å². The van der Waals surface area contributed by atoms with Crippen LogP contribution in [0.1, 0.15) is 78.7 Å². The SMILES string of the molecule is CCCCCOc1ccc(C(=O)Oc2ccc(C=Nc3ccc(N=Nc4ccccc4)cc3)cc2OC(=O)c2ccc(OCCCCC)cc2)cc1. The molecule has 0 bridgehead atoms. The Morgan fingerprint density at radius 1 is 0.538 bits per heavy atom. The van der Waals surface area contributed by atoms with E-state index in [1.54, 1.807) is 72.9 Å². The van der Waals surface area contributed by atoms with E-state index in [1.807, 2.05) is 54.6 Å². The number of azo groups is 1. The van der Waals surface area contributed by atoms with Gasteiger partial charge in [0.05, 0.1) is 41.4 Å². The van der Waals surface area contributed by atoms with Crippen LogP contribution in [0.3, 0.4) is 0 Å². The Morgan fingerprint density at radius 2 is 1.04 bits per heavy atom. The molecule has 0 fully saturated rings. The Labute approximate surface area is 305 Å². The predicted octanol–water partition coefficient (Wildman–Crippen LogP) is 11.4. The van der Waals surface area contributed by atoms with Crippen LogP contribution in [0.5, 0.6) is 23.0 Å². The molecule has 0 atom stereocenters. The van der Waals surface area contributed by atoms with Crippen LogP contribution in [0.25, 0.3) is 0 Å². The van der Waals surface area contributed by atoms with Crippen LogP contribution >= 0.6 is 0 Å². The molecule has 0 aliphatic rings. The number of carbonyl (C=O) groups excluding carboxylic acids is 2. The summed E-state index contributed by atoms with van der Waals surface area (Å²) in [5.41, 5.74) is 3.40. The van der Waals surface area contributed by atoms with E-state index < -0.39 is 11.9 Å². The Bertz CT molecular complexity index is 1920. The first-order chi connectivity index (χ1) is 25.5. The molecule has 0 aliphatic heterocycles. The van der Waals surface area contributed by atoms with E-state index in [0.29, 0.717) is 52.8 Å². The zero-order valence-electron chi connectivity index (χ0n) is 29.6. The van der Waals surface area contributed by atoms with Crippen LogP contribution < -0.4 is 18.9 Å². The van der Waals surface area contributed by atoms with Crippen molar-refractivity contribution >= 4 is 35.2 Å². The Kier molecular flexibility index (Phi) is 14.2. The van der Waals surface area contributed by atoms with Gasteiger partial charge in [-0.25, -0.2) is 9.59 Å².